The summed E-state index contributed by atoms with van der Waals surface area (Å²) < 4.78 is 46.1. The van der Waals surface area contributed by atoms with Gasteiger partial charge in [-0.25, -0.2) is 0 Å². The minimum Gasteiger partial charge on any atom is -0.379 e. The Morgan fingerprint density at radius 3 is 2.68 bits per heavy atom. The molecule has 7 nitrogen and oxygen atoms in total. The summed E-state index contributed by atoms with van der Waals surface area (Å²) in [5, 5.41) is 15.6. The molecule has 2 N–H and O–H groups in total. The van der Waals surface area contributed by atoms with Crippen molar-refractivity contribution in [1.29, 1.82) is 10.8 Å². The van der Waals surface area contributed by atoms with E-state index in [4.69, 9.17) is 15.6 Å². The number of nitrogens with zero attached hydrogens (tertiary/aromatic N) is 2. The van der Waals surface area contributed by atoms with Crippen molar-refractivity contribution in [1.82, 2.24) is 9.80 Å². The first kappa shape index (κ1) is 23.6. The number of amides is 1. The summed E-state index contributed by atoms with van der Waals surface area (Å²) in [6, 6.07) is 7.43. The van der Waals surface area contributed by atoms with E-state index in [9.17, 15) is 22.8 Å². The molecule has 3 aliphatic heterocycles. The van der Waals surface area contributed by atoms with Gasteiger partial charge in [-0.05, 0) is 29.7 Å². The van der Waals surface area contributed by atoms with E-state index in [-0.39, 0.29) is 23.5 Å². The Morgan fingerprint density at radius 1 is 1.35 bits per heavy atom. The second-order valence-electron chi connectivity index (χ2n) is 8.71. The van der Waals surface area contributed by atoms with E-state index in [0.29, 0.717) is 25.9 Å². The highest BCUT2D eigenvalue weighted by molar-refractivity contribution is 5.92. The first-order valence-corrected chi connectivity index (χ1v) is 10.6. The third-order valence-electron chi connectivity index (χ3n) is 6.36. The molecule has 0 radical (unpaired) electrons. The number of hydrogen-bond donors (Lipinski definition) is 2. The Bertz CT molecular complexity index is 1150. The van der Waals surface area contributed by atoms with Gasteiger partial charge in [0.25, 0.3) is 0 Å². The number of rotatable bonds is 7. The van der Waals surface area contributed by atoms with Crippen LogP contribution in [0.4, 0.5) is 13.2 Å². The summed E-state index contributed by atoms with van der Waals surface area (Å²) in [7, 11) is 1.63. The Labute approximate surface area is 194 Å². The van der Waals surface area contributed by atoms with Crippen LogP contribution in [0.1, 0.15) is 17.5 Å². The summed E-state index contributed by atoms with van der Waals surface area (Å²) in [6.07, 6.45) is 0.410. The second-order valence-corrected chi connectivity index (χ2v) is 8.71. The molecule has 1 fully saturated rings. The Balaban J connectivity index is 1.59. The molecule has 1 aromatic rings. The number of aldehydes is 1. The smallest absolute Gasteiger partial charge is 0.379 e. The molecule has 178 valence electrons. The molecule has 4 rings (SSSR count). The summed E-state index contributed by atoms with van der Waals surface area (Å²) in [4.78, 5) is 26.4. The Kier molecular flexibility index (Phi) is 6.03. The number of benzene rings is 1. The van der Waals surface area contributed by atoms with Crippen molar-refractivity contribution in [3.8, 4) is 0 Å². The van der Waals surface area contributed by atoms with Crippen LogP contribution in [0, 0.1) is 16.7 Å². The lowest BCUT2D eigenvalue weighted by atomic mass is 9.74. The van der Waals surface area contributed by atoms with E-state index >= 15 is 0 Å². The SMILES string of the molecule is CN(C=N)C(=N)CC1(c2cccc(CC3C=C4C(C(F)(F)F)=CC(C=O)=CN4C3=O)c2)COC1. The minimum atomic E-state index is -4.70. The van der Waals surface area contributed by atoms with Crippen molar-refractivity contribution in [3.63, 3.8) is 0 Å². The Hall–Kier alpha value is -3.53. The van der Waals surface area contributed by atoms with Crippen LogP contribution in [0.2, 0.25) is 0 Å². The summed E-state index contributed by atoms with van der Waals surface area (Å²) in [5.41, 5.74) is -0.243. The zero-order valence-corrected chi connectivity index (χ0v) is 18.4. The van der Waals surface area contributed by atoms with Gasteiger partial charge in [-0.2, -0.15) is 13.2 Å². The van der Waals surface area contributed by atoms with Crippen molar-refractivity contribution in [3.05, 3.63) is 70.6 Å². The van der Waals surface area contributed by atoms with E-state index in [1.54, 1.807) is 7.05 Å². The van der Waals surface area contributed by atoms with Gasteiger partial charge in [-0.1, -0.05) is 24.3 Å². The predicted molar refractivity (Wildman–Crippen MR) is 118 cm³/mol. The van der Waals surface area contributed by atoms with Gasteiger partial charge in [-0.3, -0.25) is 25.3 Å². The first-order chi connectivity index (χ1) is 16.1. The molecule has 1 saturated heterocycles. The lowest BCUT2D eigenvalue weighted by Crippen LogP contribution is -2.49. The van der Waals surface area contributed by atoms with Gasteiger partial charge < -0.3 is 9.64 Å². The van der Waals surface area contributed by atoms with Gasteiger partial charge >= 0.3 is 6.18 Å². The zero-order chi connectivity index (χ0) is 24.7. The molecule has 34 heavy (non-hydrogen) atoms. The van der Waals surface area contributed by atoms with Crippen molar-refractivity contribution in [2.45, 2.75) is 24.4 Å². The summed E-state index contributed by atoms with van der Waals surface area (Å²) in [5.74, 6) is -1.07. The van der Waals surface area contributed by atoms with E-state index in [0.717, 1.165) is 34.6 Å². The number of alkyl halides is 3. The zero-order valence-electron chi connectivity index (χ0n) is 18.4. The fourth-order valence-electron chi connectivity index (χ4n) is 4.38. The number of carbonyl (C=O) groups is 2. The monoisotopic (exact) mass is 472 g/mol. The lowest BCUT2D eigenvalue weighted by molar-refractivity contribution is -0.128. The normalized spacial score (nSPS) is 21.1. The molecular formula is C24H23F3N4O3. The highest BCUT2D eigenvalue weighted by Crippen LogP contribution is 2.42. The predicted octanol–water partition coefficient (Wildman–Crippen LogP) is 3.33. The van der Waals surface area contributed by atoms with E-state index < -0.39 is 29.0 Å². The van der Waals surface area contributed by atoms with Crippen LogP contribution < -0.4 is 0 Å². The van der Waals surface area contributed by atoms with Gasteiger partial charge in [0.05, 0.1) is 36.7 Å². The second kappa shape index (κ2) is 8.68. The van der Waals surface area contributed by atoms with Crippen LogP contribution in [-0.4, -0.2) is 60.6 Å². The fourth-order valence-corrected chi connectivity index (χ4v) is 4.38. The maximum atomic E-state index is 13.5. The van der Waals surface area contributed by atoms with Gasteiger partial charge in [0.15, 0.2) is 6.29 Å². The average Bonchev–Trinajstić information content (AvgIpc) is 3.09. The number of nitrogens with one attached hydrogen (secondary N) is 2. The molecular weight excluding hydrogens is 449 g/mol. The van der Waals surface area contributed by atoms with Crippen molar-refractivity contribution >= 4 is 24.4 Å². The topological polar surface area (TPSA) is 97.5 Å². The van der Waals surface area contributed by atoms with Crippen molar-refractivity contribution in [2.75, 3.05) is 20.3 Å². The quantitative estimate of drug-likeness (QED) is 0.361. The summed E-state index contributed by atoms with van der Waals surface area (Å²) >= 11 is 0. The van der Waals surface area contributed by atoms with E-state index in [1.165, 1.54) is 11.0 Å². The lowest BCUT2D eigenvalue weighted by Gasteiger charge is -2.43. The third-order valence-corrected chi connectivity index (χ3v) is 6.36. The van der Waals surface area contributed by atoms with Gasteiger partial charge in [-0.15, -0.1) is 0 Å². The maximum Gasteiger partial charge on any atom is 0.418 e. The van der Waals surface area contributed by atoms with Crippen molar-refractivity contribution < 1.29 is 27.5 Å². The van der Waals surface area contributed by atoms with Crippen LogP contribution >= 0.6 is 0 Å². The van der Waals surface area contributed by atoms with Gasteiger partial charge in [0.2, 0.25) is 5.91 Å². The molecule has 1 aromatic carbocycles. The van der Waals surface area contributed by atoms with Crippen LogP contribution in [0.15, 0.2) is 59.5 Å². The molecule has 3 aliphatic rings. The highest BCUT2D eigenvalue weighted by atomic mass is 19.4. The van der Waals surface area contributed by atoms with Crippen LogP contribution in [0.25, 0.3) is 0 Å². The van der Waals surface area contributed by atoms with Crippen LogP contribution in [0.5, 0.6) is 0 Å². The summed E-state index contributed by atoms with van der Waals surface area (Å²) in [6.45, 7) is 0.813. The number of amidine groups is 1. The molecule has 10 heteroatoms. The standard InChI is InChI=1S/C24H23F3N4O3/c1-30(14-28)21(29)9-23(12-34-13-23)18-4-2-3-15(6-18)5-17-8-20-19(24(25,26)27)7-16(11-32)10-31(20)22(17)33/h2-4,6-8,10-11,14,17,28-29H,5,9,12-13H2,1H3. The Morgan fingerprint density at radius 2 is 2.09 bits per heavy atom. The largest absolute Gasteiger partial charge is 0.418 e. The number of halogens is 3. The number of allylic oxidation sites excluding steroid dienone is 3. The van der Waals surface area contributed by atoms with E-state index in [2.05, 4.69) is 0 Å². The number of ether oxygens (including phenoxy) is 1. The molecule has 0 aliphatic carbocycles. The molecule has 1 atom stereocenters. The van der Waals surface area contributed by atoms with Crippen molar-refractivity contribution in [2.24, 2.45) is 5.92 Å². The average molecular weight is 472 g/mol. The highest BCUT2D eigenvalue weighted by Gasteiger charge is 2.45. The van der Waals surface area contributed by atoms with Gasteiger partial charge in [0, 0.05) is 30.7 Å². The molecule has 1 amide bonds. The number of fused-ring (bicyclic) bond motifs is 1. The maximum absolute atomic E-state index is 13.5. The minimum absolute atomic E-state index is 0.191. The van der Waals surface area contributed by atoms with Gasteiger partial charge in [0.1, 0.15) is 5.84 Å². The van der Waals surface area contributed by atoms with E-state index in [1.807, 2.05) is 24.3 Å². The fraction of sp³-hybridized carbons (Fsp3) is 0.333. The number of carbonyl (C=O) groups excluding carboxylic acids is 2. The molecule has 0 bridgehead atoms. The molecule has 3 heterocycles. The molecule has 1 unspecified atom stereocenters. The third kappa shape index (κ3) is 4.21. The van der Waals surface area contributed by atoms with Crippen LogP contribution in [0.3, 0.4) is 0 Å². The first-order valence-electron chi connectivity index (χ1n) is 10.6. The van der Waals surface area contributed by atoms with Crippen LogP contribution in [-0.2, 0) is 26.2 Å². The molecule has 0 saturated carbocycles. The molecule has 0 spiro atoms. The molecule has 0 aromatic heterocycles. The number of hydrogen-bond acceptors (Lipinski definition) is 5.